The number of hydrogen-bond donors (Lipinski definition) is 2. The van der Waals surface area contributed by atoms with Crippen molar-refractivity contribution in [2.75, 3.05) is 6.54 Å². The molecule has 3 heteroatoms. The van der Waals surface area contributed by atoms with E-state index >= 15 is 0 Å². The van der Waals surface area contributed by atoms with E-state index in [1.165, 1.54) is 5.56 Å². The lowest BCUT2D eigenvalue weighted by molar-refractivity contribution is -0.140. The van der Waals surface area contributed by atoms with E-state index < -0.39 is 5.97 Å². The Morgan fingerprint density at radius 2 is 2.13 bits per heavy atom. The average Bonchev–Trinajstić information content (AvgIpc) is 2.67. The average molecular weight is 205 g/mol. The van der Waals surface area contributed by atoms with Crippen molar-refractivity contribution in [1.82, 2.24) is 5.32 Å². The Balaban J connectivity index is 2.03. The van der Waals surface area contributed by atoms with E-state index in [1.807, 2.05) is 18.2 Å². The molecule has 2 N–H and O–H groups in total. The fourth-order valence-corrected chi connectivity index (χ4v) is 2.18. The highest BCUT2D eigenvalue weighted by Gasteiger charge is 2.32. The van der Waals surface area contributed by atoms with Crippen molar-refractivity contribution < 1.29 is 9.90 Å². The van der Waals surface area contributed by atoms with Gasteiger partial charge in [-0.2, -0.15) is 0 Å². The maximum absolute atomic E-state index is 10.9. The van der Waals surface area contributed by atoms with Crippen molar-refractivity contribution in [2.24, 2.45) is 5.92 Å². The number of nitrogens with one attached hydrogen (secondary N) is 1. The maximum atomic E-state index is 10.9. The number of carboxylic acid groups (broad SMARTS) is 1. The Kier molecular flexibility index (Phi) is 3.02. The molecule has 3 nitrogen and oxygen atoms in total. The third-order valence-corrected chi connectivity index (χ3v) is 2.96. The summed E-state index contributed by atoms with van der Waals surface area (Å²) >= 11 is 0. The first kappa shape index (κ1) is 10.2. The molecular formula is C12H15NO2. The second-order valence-electron chi connectivity index (χ2n) is 4.01. The molecule has 0 spiro atoms. The lowest BCUT2D eigenvalue weighted by atomic mass is 9.93. The summed E-state index contributed by atoms with van der Waals surface area (Å²) < 4.78 is 0. The number of carboxylic acids is 1. The van der Waals surface area contributed by atoms with Gasteiger partial charge in [-0.25, -0.2) is 0 Å². The van der Waals surface area contributed by atoms with Crippen molar-refractivity contribution in [3.05, 3.63) is 35.9 Å². The summed E-state index contributed by atoms with van der Waals surface area (Å²) in [5.41, 5.74) is 1.22. The van der Waals surface area contributed by atoms with E-state index in [9.17, 15) is 4.79 Å². The zero-order chi connectivity index (χ0) is 10.7. The lowest BCUT2D eigenvalue weighted by Crippen LogP contribution is -2.36. The fraction of sp³-hybridized carbons (Fsp3) is 0.417. The molecule has 0 aliphatic carbocycles. The monoisotopic (exact) mass is 205 g/mol. The minimum Gasteiger partial charge on any atom is -0.480 e. The van der Waals surface area contributed by atoms with Crippen LogP contribution in [0.1, 0.15) is 12.0 Å². The molecule has 0 amide bonds. The Bertz CT molecular complexity index is 337. The Labute approximate surface area is 89.1 Å². The molecule has 80 valence electrons. The normalized spacial score (nSPS) is 25.3. The molecule has 15 heavy (non-hydrogen) atoms. The lowest BCUT2D eigenvalue weighted by Gasteiger charge is -2.15. The van der Waals surface area contributed by atoms with Gasteiger partial charge in [0.2, 0.25) is 0 Å². The molecule has 2 rings (SSSR count). The molecule has 0 bridgehead atoms. The first-order chi connectivity index (χ1) is 7.27. The van der Waals surface area contributed by atoms with Crippen molar-refractivity contribution in [3.63, 3.8) is 0 Å². The van der Waals surface area contributed by atoms with E-state index in [1.54, 1.807) is 0 Å². The number of aliphatic carboxylic acids is 1. The van der Waals surface area contributed by atoms with E-state index in [-0.39, 0.29) is 12.0 Å². The van der Waals surface area contributed by atoms with Crippen LogP contribution in [-0.4, -0.2) is 23.7 Å². The smallest absolute Gasteiger partial charge is 0.320 e. The van der Waals surface area contributed by atoms with Gasteiger partial charge in [0.25, 0.3) is 0 Å². The molecule has 0 saturated carbocycles. The second kappa shape index (κ2) is 4.45. The molecule has 1 aliphatic rings. The van der Waals surface area contributed by atoms with E-state index in [2.05, 4.69) is 17.4 Å². The highest BCUT2D eigenvalue weighted by atomic mass is 16.4. The Hall–Kier alpha value is -1.35. The van der Waals surface area contributed by atoms with Gasteiger partial charge < -0.3 is 10.4 Å². The predicted octanol–water partition coefficient (Wildman–Crippen LogP) is 1.29. The molecule has 0 radical (unpaired) electrons. The van der Waals surface area contributed by atoms with Gasteiger partial charge in [0.1, 0.15) is 6.04 Å². The summed E-state index contributed by atoms with van der Waals surface area (Å²) in [4.78, 5) is 10.9. The number of rotatable bonds is 3. The number of benzene rings is 1. The van der Waals surface area contributed by atoms with Gasteiger partial charge in [-0.05, 0) is 30.9 Å². The van der Waals surface area contributed by atoms with Gasteiger partial charge >= 0.3 is 5.97 Å². The molecule has 1 aromatic carbocycles. The molecular weight excluding hydrogens is 190 g/mol. The summed E-state index contributed by atoms with van der Waals surface area (Å²) in [5, 5.41) is 12.0. The molecule has 1 heterocycles. The van der Waals surface area contributed by atoms with Crippen molar-refractivity contribution in [3.8, 4) is 0 Å². The minimum atomic E-state index is -0.728. The largest absolute Gasteiger partial charge is 0.480 e. The molecule has 1 saturated heterocycles. The van der Waals surface area contributed by atoms with Crippen LogP contribution in [0.2, 0.25) is 0 Å². The molecule has 0 unspecified atom stereocenters. The van der Waals surface area contributed by atoms with Crippen LogP contribution in [0.25, 0.3) is 0 Å². The first-order valence-electron chi connectivity index (χ1n) is 5.27. The van der Waals surface area contributed by atoms with Crippen LogP contribution >= 0.6 is 0 Å². The first-order valence-corrected chi connectivity index (χ1v) is 5.27. The van der Waals surface area contributed by atoms with Crippen LogP contribution in [0.15, 0.2) is 30.3 Å². The van der Waals surface area contributed by atoms with E-state index in [4.69, 9.17) is 5.11 Å². The van der Waals surface area contributed by atoms with E-state index in [0.29, 0.717) is 0 Å². The third kappa shape index (κ3) is 2.36. The van der Waals surface area contributed by atoms with Crippen molar-refractivity contribution in [1.29, 1.82) is 0 Å². The van der Waals surface area contributed by atoms with Gasteiger partial charge in [0.05, 0.1) is 0 Å². The highest BCUT2D eigenvalue weighted by molar-refractivity contribution is 5.74. The van der Waals surface area contributed by atoms with Gasteiger partial charge in [0.15, 0.2) is 0 Å². The minimum absolute atomic E-state index is 0.227. The highest BCUT2D eigenvalue weighted by Crippen LogP contribution is 2.20. The third-order valence-electron chi connectivity index (χ3n) is 2.96. The van der Waals surface area contributed by atoms with Crippen molar-refractivity contribution >= 4 is 5.97 Å². The second-order valence-corrected chi connectivity index (χ2v) is 4.01. The summed E-state index contributed by atoms with van der Waals surface area (Å²) in [7, 11) is 0. The van der Waals surface area contributed by atoms with Crippen molar-refractivity contribution in [2.45, 2.75) is 18.9 Å². The molecule has 1 fully saturated rings. The molecule has 2 atom stereocenters. The number of carbonyl (C=O) groups is 1. The predicted molar refractivity (Wildman–Crippen MR) is 57.7 cm³/mol. The van der Waals surface area contributed by atoms with Gasteiger partial charge in [-0.3, -0.25) is 4.79 Å². The molecule has 0 aromatic heterocycles. The Morgan fingerprint density at radius 3 is 2.80 bits per heavy atom. The van der Waals surface area contributed by atoms with Gasteiger partial charge in [-0.1, -0.05) is 30.3 Å². The van der Waals surface area contributed by atoms with Crippen LogP contribution in [0.3, 0.4) is 0 Å². The zero-order valence-corrected chi connectivity index (χ0v) is 8.52. The zero-order valence-electron chi connectivity index (χ0n) is 8.52. The van der Waals surface area contributed by atoms with E-state index in [0.717, 1.165) is 19.4 Å². The summed E-state index contributed by atoms with van der Waals surface area (Å²) in [6.07, 6.45) is 1.80. The molecule has 1 aliphatic heterocycles. The standard InChI is InChI=1S/C12H15NO2/c14-12(15)11-10(6-7-13-11)8-9-4-2-1-3-5-9/h1-5,10-11,13H,6-8H2,(H,14,15)/t10-,11+/m1/s1. The van der Waals surface area contributed by atoms with Crippen LogP contribution in [-0.2, 0) is 11.2 Å². The topological polar surface area (TPSA) is 49.3 Å². The quantitative estimate of drug-likeness (QED) is 0.781. The van der Waals surface area contributed by atoms with Crippen LogP contribution in [0.4, 0.5) is 0 Å². The SMILES string of the molecule is O=C(O)[C@H]1NCC[C@@H]1Cc1ccccc1. The maximum Gasteiger partial charge on any atom is 0.320 e. The summed E-state index contributed by atoms with van der Waals surface area (Å²) in [6, 6.07) is 9.70. The molecule has 1 aromatic rings. The van der Waals surface area contributed by atoms with Gasteiger partial charge in [0, 0.05) is 0 Å². The van der Waals surface area contributed by atoms with Crippen LogP contribution < -0.4 is 5.32 Å². The summed E-state index contributed by atoms with van der Waals surface area (Å²) in [5.74, 6) is -0.502. The fourth-order valence-electron chi connectivity index (χ4n) is 2.18. The number of hydrogen-bond acceptors (Lipinski definition) is 2. The van der Waals surface area contributed by atoms with Crippen LogP contribution in [0, 0.1) is 5.92 Å². The van der Waals surface area contributed by atoms with Crippen LogP contribution in [0.5, 0.6) is 0 Å². The van der Waals surface area contributed by atoms with Gasteiger partial charge in [-0.15, -0.1) is 0 Å². The summed E-state index contributed by atoms with van der Waals surface area (Å²) in [6.45, 7) is 0.814. The Morgan fingerprint density at radius 1 is 1.40 bits per heavy atom.